The van der Waals surface area contributed by atoms with Gasteiger partial charge in [0.2, 0.25) is 5.91 Å². The van der Waals surface area contributed by atoms with Crippen LogP contribution >= 0.6 is 12.4 Å². The third-order valence-corrected chi connectivity index (χ3v) is 3.32. The summed E-state index contributed by atoms with van der Waals surface area (Å²) < 4.78 is 0. The summed E-state index contributed by atoms with van der Waals surface area (Å²) in [4.78, 5) is 16.3. The van der Waals surface area contributed by atoms with Gasteiger partial charge in [0.15, 0.2) is 0 Å². The Labute approximate surface area is 121 Å². The van der Waals surface area contributed by atoms with Crippen molar-refractivity contribution in [2.24, 2.45) is 11.7 Å². The van der Waals surface area contributed by atoms with Crippen LogP contribution in [0.3, 0.4) is 0 Å². The Morgan fingerprint density at radius 1 is 1.32 bits per heavy atom. The number of rotatable bonds is 2. The van der Waals surface area contributed by atoms with Crippen LogP contribution in [0.5, 0.6) is 0 Å². The molecule has 19 heavy (non-hydrogen) atoms. The molecule has 0 radical (unpaired) electrons. The summed E-state index contributed by atoms with van der Waals surface area (Å²) in [5, 5.41) is 0. The third kappa shape index (κ3) is 3.39. The van der Waals surface area contributed by atoms with E-state index in [4.69, 9.17) is 5.73 Å². The minimum atomic E-state index is 0. The van der Waals surface area contributed by atoms with Gasteiger partial charge in [0.1, 0.15) is 0 Å². The molecule has 2 N–H and O–H groups in total. The number of halogens is 1. The molecule has 4 nitrogen and oxygen atoms in total. The summed E-state index contributed by atoms with van der Waals surface area (Å²) in [7, 11) is 2.08. The van der Waals surface area contributed by atoms with E-state index in [-0.39, 0.29) is 18.3 Å². The topological polar surface area (TPSA) is 49.6 Å². The van der Waals surface area contributed by atoms with Crippen molar-refractivity contribution < 1.29 is 4.79 Å². The molecule has 1 unspecified atom stereocenters. The number of amides is 1. The number of hydrogen-bond acceptors (Lipinski definition) is 3. The van der Waals surface area contributed by atoms with Gasteiger partial charge in [0.05, 0.1) is 11.4 Å². The Bertz CT molecular complexity index is 438. The number of benzene rings is 1. The molecule has 1 heterocycles. The van der Waals surface area contributed by atoms with Gasteiger partial charge in [-0.25, -0.2) is 0 Å². The first-order valence-electron chi connectivity index (χ1n) is 6.44. The van der Waals surface area contributed by atoms with E-state index in [0.717, 1.165) is 24.5 Å². The normalized spacial score (nSPS) is 18.4. The number of anilines is 2. The van der Waals surface area contributed by atoms with Crippen LogP contribution in [0.15, 0.2) is 24.3 Å². The molecule has 1 aromatic carbocycles. The largest absolute Gasteiger partial charge is 0.373 e. The molecule has 5 heteroatoms. The summed E-state index contributed by atoms with van der Waals surface area (Å²) in [6.07, 6.45) is 0.408. The van der Waals surface area contributed by atoms with Crippen LogP contribution in [0.2, 0.25) is 0 Å². The highest BCUT2D eigenvalue weighted by molar-refractivity contribution is 5.97. The number of fused-ring (bicyclic) bond motifs is 1. The number of para-hydroxylation sites is 2. The van der Waals surface area contributed by atoms with Gasteiger partial charge in [0.25, 0.3) is 0 Å². The Balaban J connectivity index is 0.00000180. The standard InChI is InChI=1S/C14H21N3O.ClH/c1-11-9-16(2)12-5-3-4-6-13(12)17(10-11)14(18)7-8-15;/h3-6,11H,7-10,15H2,1-2H3;1H. The van der Waals surface area contributed by atoms with Crippen molar-refractivity contribution in [2.45, 2.75) is 13.3 Å². The van der Waals surface area contributed by atoms with Gasteiger partial charge in [-0.2, -0.15) is 0 Å². The second-order valence-corrected chi connectivity index (χ2v) is 5.02. The van der Waals surface area contributed by atoms with E-state index in [9.17, 15) is 4.79 Å². The van der Waals surface area contributed by atoms with E-state index in [1.807, 2.05) is 23.1 Å². The van der Waals surface area contributed by atoms with Crippen molar-refractivity contribution in [3.63, 3.8) is 0 Å². The first kappa shape index (κ1) is 15.8. The summed E-state index contributed by atoms with van der Waals surface area (Å²) in [5.41, 5.74) is 7.62. The lowest BCUT2D eigenvalue weighted by molar-refractivity contribution is -0.118. The lowest BCUT2D eigenvalue weighted by atomic mass is 10.1. The molecular weight excluding hydrogens is 262 g/mol. The summed E-state index contributed by atoms with van der Waals surface area (Å²) in [5.74, 6) is 0.566. The van der Waals surface area contributed by atoms with Crippen LogP contribution in [-0.2, 0) is 4.79 Å². The molecule has 0 fully saturated rings. The molecule has 106 valence electrons. The number of carbonyl (C=O) groups excluding carboxylic acids is 1. The van der Waals surface area contributed by atoms with Crippen LogP contribution in [0, 0.1) is 5.92 Å². The third-order valence-electron chi connectivity index (χ3n) is 3.32. The molecule has 1 aliphatic rings. The van der Waals surface area contributed by atoms with Crippen LogP contribution in [0.4, 0.5) is 11.4 Å². The molecule has 1 amide bonds. The van der Waals surface area contributed by atoms with E-state index in [1.165, 1.54) is 0 Å². The quantitative estimate of drug-likeness (QED) is 0.902. The van der Waals surface area contributed by atoms with Crippen molar-refractivity contribution in [1.82, 2.24) is 0 Å². The van der Waals surface area contributed by atoms with E-state index in [0.29, 0.717) is 18.9 Å². The average molecular weight is 284 g/mol. The number of nitrogens with two attached hydrogens (primary N) is 1. The molecular formula is C14H22ClN3O. The van der Waals surface area contributed by atoms with E-state index in [2.05, 4.69) is 24.9 Å². The molecule has 1 aromatic rings. The molecule has 2 rings (SSSR count). The zero-order valence-electron chi connectivity index (χ0n) is 11.5. The van der Waals surface area contributed by atoms with Crippen molar-refractivity contribution in [3.8, 4) is 0 Å². The highest BCUT2D eigenvalue weighted by atomic mass is 35.5. The van der Waals surface area contributed by atoms with Crippen LogP contribution in [-0.4, -0.2) is 32.6 Å². The molecule has 0 saturated heterocycles. The van der Waals surface area contributed by atoms with Crippen molar-refractivity contribution >= 4 is 29.7 Å². The van der Waals surface area contributed by atoms with Crippen LogP contribution < -0.4 is 15.5 Å². The maximum absolute atomic E-state index is 12.2. The Morgan fingerprint density at radius 2 is 1.95 bits per heavy atom. The fourth-order valence-electron chi connectivity index (χ4n) is 2.54. The van der Waals surface area contributed by atoms with Crippen LogP contribution in [0.1, 0.15) is 13.3 Å². The van der Waals surface area contributed by atoms with E-state index < -0.39 is 0 Å². The monoisotopic (exact) mass is 283 g/mol. The smallest absolute Gasteiger partial charge is 0.228 e. The second kappa shape index (κ2) is 6.78. The van der Waals surface area contributed by atoms with Gasteiger partial charge in [0, 0.05) is 33.1 Å². The summed E-state index contributed by atoms with van der Waals surface area (Å²) >= 11 is 0. The van der Waals surface area contributed by atoms with E-state index in [1.54, 1.807) is 0 Å². The second-order valence-electron chi connectivity index (χ2n) is 5.02. The fraction of sp³-hybridized carbons (Fsp3) is 0.500. The van der Waals surface area contributed by atoms with Gasteiger partial charge >= 0.3 is 0 Å². The van der Waals surface area contributed by atoms with E-state index >= 15 is 0 Å². The van der Waals surface area contributed by atoms with Crippen LogP contribution in [0.25, 0.3) is 0 Å². The van der Waals surface area contributed by atoms with Gasteiger partial charge < -0.3 is 15.5 Å². The lowest BCUT2D eigenvalue weighted by Crippen LogP contribution is -2.35. The molecule has 1 aliphatic heterocycles. The predicted octanol–water partition coefficient (Wildman–Crippen LogP) is 1.88. The average Bonchev–Trinajstić information content (AvgIpc) is 2.47. The number of nitrogens with zero attached hydrogens (tertiary/aromatic N) is 2. The maximum Gasteiger partial charge on any atom is 0.228 e. The molecule has 0 bridgehead atoms. The zero-order valence-corrected chi connectivity index (χ0v) is 12.3. The first-order chi connectivity index (χ1) is 8.63. The summed E-state index contributed by atoms with van der Waals surface area (Å²) in [6, 6.07) is 8.07. The molecule has 0 saturated carbocycles. The van der Waals surface area contributed by atoms with Crippen molar-refractivity contribution in [3.05, 3.63) is 24.3 Å². The maximum atomic E-state index is 12.2. The van der Waals surface area contributed by atoms with Crippen molar-refractivity contribution in [2.75, 3.05) is 36.5 Å². The zero-order chi connectivity index (χ0) is 13.1. The Kier molecular flexibility index (Phi) is 5.63. The number of carbonyl (C=O) groups is 1. The van der Waals surface area contributed by atoms with Gasteiger partial charge in [-0.05, 0) is 18.1 Å². The highest BCUT2D eigenvalue weighted by Gasteiger charge is 2.25. The van der Waals surface area contributed by atoms with Gasteiger partial charge in [-0.1, -0.05) is 19.1 Å². The SMILES string of the molecule is CC1CN(C)c2ccccc2N(C(=O)CCN)C1.Cl. The van der Waals surface area contributed by atoms with Crippen molar-refractivity contribution in [1.29, 1.82) is 0 Å². The lowest BCUT2D eigenvalue weighted by Gasteiger charge is -2.24. The minimum absolute atomic E-state index is 0. The Morgan fingerprint density at radius 3 is 2.58 bits per heavy atom. The Hall–Kier alpha value is -1.26. The molecule has 0 spiro atoms. The first-order valence-corrected chi connectivity index (χ1v) is 6.44. The van der Waals surface area contributed by atoms with Gasteiger partial charge in [-0.15, -0.1) is 12.4 Å². The fourth-order valence-corrected chi connectivity index (χ4v) is 2.54. The predicted molar refractivity (Wildman–Crippen MR) is 82.1 cm³/mol. The number of hydrogen-bond donors (Lipinski definition) is 1. The minimum Gasteiger partial charge on any atom is -0.373 e. The molecule has 0 aliphatic carbocycles. The molecule has 1 atom stereocenters. The summed E-state index contributed by atoms with van der Waals surface area (Å²) in [6.45, 7) is 4.30. The molecule has 0 aromatic heterocycles. The highest BCUT2D eigenvalue weighted by Crippen LogP contribution is 2.32. The van der Waals surface area contributed by atoms with Gasteiger partial charge in [-0.3, -0.25) is 4.79 Å².